The van der Waals surface area contributed by atoms with Gasteiger partial charge in [0.05, 0.1) is 12.1 Å². The molecule has 1 atom stereocenters. The average molecular weight is 230 g/mol. The molecule has 0 bridgehead atoms. The van der Waals surface area contributed by atoms with Crippen molar-refractivity contribution >= 4 is 16.6 Å². The number of anilines is 1. The van der Waals surface area contributed by atoms with Gasteiger partial charge in [0.15, 0.2) is 0 Å². The maximum atomic E-state index is 5.38. The molecule has 0 saturated heterocycles. The fourth-order valence-corrected chi connectivity index (χ4v) is 1.79. The van der Waals surface area contributed by atoms with Gasteiger partial charge in [0.2, 0.25) is 0 Å². The minimum absolute atomic E-state index is 0.309. The van der Waals surface area contributed by atoms with Crippen LogP contribution in [0.25, 0.3) is 10.9 Å². The summed E-state index contributed by atoms with van der Waals surface area (Å²) < 4.78 is 5.38. The smallest absolute Gasteiger partial charge is 0.0703 e. The lowest BCUT2D eigenvalue weighted by Gasteiger charge is -2.15. The van der Waals surface area contributed by atoms with Gasteiger partial charge in [-0.3, -0.25) is 4.98 Å². The maximum absolute atomic E-state index is 5.38. The summed E-state index contributed by atoms with van der Waals surface area (Å²) in [6, 6.07) is 10.5. The number of benzene rings is 1. The van der Waals surface area contributed by atoms with Crippen molar-refractivity contribution in [2.45, 2.75) is 19.9 Å². The fourth-order valence-electron chi connectivity index (χ4n) is 1.79. The zero-order chi connectivity index (χ0) is 12.1. The zero-order valence-corrected chi connectivity index (χ0v) is 10.3. The molecule has 0 aliphatic carbocycles. The van der Waals surface area contributed by atoms with Gasteiger partial charge in [0, 0.05) is 29.9 Å². The lowest BCUT2D eigenvalue weighted by atomic mass is 10.2. The molecule has 0 fully saturated rings. The SMILES string of the molecule is CCOCC(C)Nc1ccc2ncccc2c1. The highest BCUT2D eigenvalue weighted by molar-refractivity contribution is 5.82. The molecule has 2 rings (SSSR count). The summed E-state index contributed by atoms with van der Waals surface area (Å²) in [6.07, 6.45) is 1.81. The van der Waals surface area contributed by atoms with E-state index in [0.717, 1.165) is 29.8 Å². The van der Waals surface area contributed by atoms with Crippen LogP contribution in [0, 0.1) is 0 Å². The topological polar surface area (TPSA) is 34.1 Å². The standard InChI is InChI=1S/C14H18N2O/c1-3-17-10-11(2)16-13-6-7-14-12(9-13)5-4-8-15-14/h4-9,11,16H,3,10H2,1-2H3. The van der Waals surface area contributed by atoms with Crippen molar-refractivity contribution in [1.29, 1.82) is 0 Å². The van der Waals surface area contributed by atoms with E-state index in [1.54, 1.807) is 0 Å². The Morgan fingerprint density at radius 3 is 3.06 bits per heavy atom. The Morgan fingerprint density at radius 2 is 2.24 bits per heavy atom. The fraction of sp³-hybridized carbons (Fsp3) is 0.357. The number of nitrogens with zero attached hydrogens (tertiary/aromatic N) is 1. The van der Waals surface area contributed by atoms with Crippen LogP contribution < -0.4 is 5.32 Å². The number of hydrogen-bond donors (Lipinski definition) is 1. The van der Waals surface area contributed by atoms with Crippen LogP contribution in [0.1, 0.15) is 13.8 Å². The molecule has 90 valence electrons. The van der Waals surface area contributed by atoms with Crippen molar-refractivity contribution in [1.82, 2.24) is 4.98 Å². The molecule has 17 heavy (non-hydrogen) atoms. The van der Waals surface area contributed by atoms with E-state index in [1.807, 2.05) is 25.3 Å². The monoisotopic (exact) mass is 230 g/mol. The van der Waals surface area contributed by atoms with Gasteiger partial charge in [0.1, 0.15) is 0 Å². The predicted octanol–water partition coefficient (Wildman–Crippen LogP) is 3.07. The van der Waals surface area contributed by atoms with Gasteiger partial charge in [-0.2, -0.15) is 0 Å². The Kier molecular flexibility index (Phi) is 3.94. The summed E-state index contributed by atoms with van der Waals surface area (Å²) in [4.78, 5) is 4.30. The molecule has 0 spiro atoms. The van der Waals surface area contributed by atoms with E-state index < -0.39 is 0 Å². The maximum Gasteiger partial charge on any atom is 0.0703 e. The highest BCUT2D eigenvalue weighted by Gasteiger charge is 2.02. The van der Waals surface area contributed by atoms with Gasteiger partial charge < -0.3 is 10.1 Å². The molecule has 2 aromatic rings. The molecule has 1 aromatic heterocycles. The minimum Gasteiger partial charge on any atom is -0.380 e. The van der Waals surface area contributed by atoms with Crippen molar-refractivity contribution in [3.8, 4) is 0 Å². The lowest BCUT2D eigenvalue weighted by Crippen LogP contribution is -2.21. The van der Waals surface area contributed by atoms with E-state index in [9.17, 15) is 0 Å². The lowest BCUT2D eigenvalue weighted by molar-refractivity contribution is 0.141. The number of hydrogen-bond acceptors (Lipinski definition) is 3. The Balaban J connectivity index is 2.08. The number of ether oxygens (including phenoxy) is 1. The molecule has 3 heteroatoms. The molecule has 1 N–H and O–H groups in total. The van der Waals surface area contributed by atoms with Crippen LogP contribution in [-0.4, -0.2) is 24.2 Å². The summed E-state index contributed by atoms with van der Waals surface area (Å²) >= 11 is 0. The Labute approximate surface area is 102 Å². The second-order valence-corrected chi connectivity index (χ2v) is 4.12. The van der Waals surface area contributed by atoms with E-state index in [4.69, 9.17) is 4.74 Å². The quantitative estimate of drug-likeness (QED) is 0.857. The second kappa shape index (κ2) is 5.64. The molecule has 0 aliphatic heterocycles. The van der Waals surface area contributed by atoms with E-state index in [0.29, 0.717) is 6.04 Å². The summed E-state index contributed by atoms with van der Waals surface area (Å²) in [6.45, 7) is 5.60. The molecular weight excluding hydrogens is 212 g/mol. The van der Waals surface area contributed by atoms with E-state index >= 15 is 0 Å². The molecule has 1 unspecified atom stereocenters. The first-order valence-corrected chi connectivity index (χ1v) is 5.98. The number of fused-ring (bicyclic) bond motifs is 1. The number of nitrogens with one attached hydrogen (secondary N) is 1. The van der Waals surface area contributed by atoms with Crippen molar-refractivity contribution in [2.75, 3.05) is 18.5 Å². The van der Waals surface area contributed by atoms with Crippen molar-refractivity contribution in [3.63, 3.8) is 0 Å². The molecule has 3 nitrogen and oxygen atoms in total. The van der Waals surface area contributed by atoms with Crippen molar-refractivity contribution in [2.24, 2.45) is 0 Å². The van der Waals surface area contributed by atoms with Crippen LogP contribution in [-0.2, 0) is 4.74 Å². The third-order valence-corrected chi connectivity index (χ3v) is 2.59. The van der Waals surface area contributed by atoms with E-state index in [1.165, 1.54) is 0 Å². The van der Waals surface area contributed by atoms with Gasteiger partial charge in [0.25, 0.3) is 0 Å². The number of rotatable bonds is 5. The third-order valence-electron chi connectivity index (χ3n) is 2.59. The molecule has 0 aliphatic rings. The van der Waals surface area contributed by atoms with Crippen LogP contribution in [0.3, 0.4) is 0 Å². The third kappa shape index (κ3) is 3.17. The Morgan fingerprint density at radius 1 is 1.35 bits per heavy atom. The van der Waals surface area contributed by atoms with Crippen molar-refractivity contribution < 1.29 is 4.74 Å². The molecular formula is C14H18N2O. The Hall–Kier alpha value is -1.61. The van der Waals surface area contributed by atoms with E-state index in [-0.39, 0.29) is 0 Å². The Bertz CT molecular complexity index is 484. The highest BCUT2D eigenvalue weighted by Crippen LogP contribution is 2.17. The highest BCUT2D eigenvalue weighted by atomic mass is 16.5. The van der Waals surface area contributed by atoms with Crippen LogP contribution >= 0.6 is 0 Å². The van der Waals surface area contributed by atoms with Gasteiger partial charge in [-0.25, -0.2) is 0 Å². The first-order valence-electron chi connectivity index (χ1n) is 5.98. The average Bonchev–Trinajstić information content (AvgIpc) is 2.36. The summed E-state index contributed by atoms with van der Waals surface area (Å²) in [5.41, 5.74) is 2.13. The molecule has 1 aromatic carbocycles. The second-order valence-electron chi connectivity index (χ2n) is 4.12. The van der Waals surface area contributed by atoms with Crippen LogP contribution in [0.5, 0.6) is 0 Å². The summed E-state index contributed by atoms with van der Waals surface area (Å²) in [5.74, 6) is 0. The molecule has 0 amide bonds. The minimum atomic E-state index is 0.309. The van der Waals surface area contributed by atoms with Crippen LogP contribution in [0.2, 0.25) is 0 Å². The molecule has 1 heterocycles. The van der Waals surface area contributed by atoms with E-state index in [2.05, 4.69) is 35.4 Å². The zero-order valence-electron chi connectivity index (χ0n) is 10.3. The van der Waals surface area contributed by atoms with Crippen LogP contribution in [0.4, 0.5) is 5.69 Å². The van der Waals surface area contributed by atoms with Crippen LogP contribution in [0.15, 0.2) is 36.5 Å². The first kappa shape index (κ1) is 11.9. The van der Waals surface area contributed by atoms with Gasteiger partial charge in [-0.05, 0) is 38.1 Å². The molecule has 0 saturated carbocycles. The predicted molar refractivity (Wildman–Crippen MR) is 71.3 cm³/mol. The number of pyridine rings is 1. The summed E-state index contributed by atoms with van der Waals surface area (Å²) in [7, 11) is 0. The largest absolute Gasteiger partial charge is 0.380 e. The summed E-state index contributed by atoms with van der Waals surface area (Å²) in [5, 5.41) is 4.57. The normalized spacial score (nSPS) is 12.6. The van der Waals surface area contributed by atoms with Gasteiger partial charge in [-0.1, -0.05) is 6.07 Å². The van der Waals surface area contributed by atoms with Gasteiger partial charge >= 0.3 is 0 Å². The molecule has 0 radical (unpaired) electrons. The van der Waals surface area contributed by atoms with Gasteiger partial charge in [-0.15, -0.1) is 0 Å². The first-order chi connectivity index (χ1) is 8.29. The number of aromatic nitrogens is 1. The van der Waals surface area contributed by atoms with Crippen molar-refractivity contribution in [3.05, 3.63) is 36.5 Å².